The Morgan fingerprint density at radius 2 is 1.39 bits per heavy atom. The molecule has 7 unspecified atom stereocenters. The van der Waals surface area contributed by atoms with Crippen molar-refractivity contribution in [2.24, 2.45) is 29.1 Å². The number of ether oxygens (including phenoxy) is 5. The van der Waals surface area contributed by atoms with Gasteiger partial charge in [-0.15, -0.1) is 0 Å². The molecule has 0 spiro atoms. The number of fused-ring (bicyclic) bond motifs is 1. The zero-order chi connectivity index (χ0) is 37.8. The Balaban J connectivity index is 3.08. The molecule has 2 aliphatic rings. The number of Topliss-reactive ketones (excluding diaryl/α,β-unsaturated/α-hetero) is 1. The molecule has 0 aromatic carbocycles. The molecule has 13 heteroatoms. The third-order valence-corrected chi connectivity index (χ3v) is 9.67. The number of esters is 5. The van der Waals surface area contributed by atoms with Crippen LogP contribution in [0.4, 0.5) is 0 Å². The van der Waals surface area contributed by atoms with Gasteiger partial charge in [0.25, 0.3) is 0 Å². The second-order valence-electron chi connectivity index (χ2n) is 14.3. The molecular formula is C36H54O13. The molecule has 276 valence electrons. The third kappa shape index (κ3) is 9.16. The number of hydrogen-bond acceptors (Lipinski definition) is 13. The van der Waals surface area contributed by atoms with Crippen molar-refractivity contribution in [1.29, 1.82) is 0 Å². The molecule has 1 saturated carbocycles. The normalized spacial score (nSPS) is 34.9. The molecule has 0 heterocycles. The molecule has 0 aliphatic heterocycles. The van der Waals surface area contributed by atoms with E-state index in [4.69, 9.17) is 23.7 Å². The highest BCUT2D eigenvalue weighted by atomic mass is 16.6. The predicted octanol–water partition coefficient (Wildman–Crippen LogP) is 3.56. The monoisotopic (exact) mass is 694 g/mol. The lowest BCUT2D eigenvalue weighted by atomic mass is 9.72. The van der Waals surface area contributed by atoms with Crippen LogP contribution in [0.15, 0.2) is 24.3 Å². The maximum absolute atomic E-state index is 14.4. The van der Waals surface area contributed by atoms with Crippen molar-refractivity contribution in [2.45, 2.75) is 137 Å². The summed E-state index contributed by atoms with van der Waals surface area (Å²) in [6.07, 6.45) is -5.17. The zero-order valence-electron chi connectivity index (χ0n) is 30.6. The molecule has 0 saturated heterocycles. The van der Waals surface area contributed by atoms with Crippen LogP contribution in [0.5, 0.6) is 0 Å². The Kier molecular flexibility index (Phi) is 13.6. The van der Waals surface area contributed by atoms with Crippen molar-refractivity contribution in [1.82, 2.24) is 0 Å². The summed E-state index contributed by atoms with van der Waals surface area (Å²) in [5.74, 6) is -8.89. The minimum atomic E-state index is -2.51. The van der Waals surface area contributed by atoms with Gasteiger partial charge in [-0.05, 0) is 19.8 Å². The van der Waals surface area contributed by atoms with E-state index in [1.165, 1.54) is 19.9 Å². The van der Waals surface area contributed by atoms with Gasteiger partial charge >= 0.3 is 29.8 Å². The minimum absolute atomic E-state index is 0.295. The standard InChI is InChI=1S/C36H54O13/c1-13-18(3)32(42)48-26-21(6)27(45-22(7)37)28(46-23(8)38)31(47-24(9)39)34(10,11)16-15-20(5)29(40)36(44)17-35(12,30(41)25(26)36)49-33(43)19(4)14-2/h15-16,18-20,25-28,30-31,41,44H,6,13-14,17H2,1-5,7-12H3/b16-15-/t18?,19?,20?,25-,26?,27?,28?,30+,31?,35+,36+/m0/s1. The largest absolute Gasteiger partial charge is 0.458 e. The van der Waals surface area contributed by atoms with Gasteiger partial charge in [-0.25, -0.2) is 0 Å². The molecule has 2 aliphatic carbocycles. The van der Waals surface area contributed by atoms with Crippen LogP contribution in [-0.4, -0.2) is 87.6 Å². The van der Waals surface area contributed by atoms with Crippen LogP contribution < -0.4 is 0 Å². The first-order chi connectivity index (χ1) is 22.5. The predicted molar refractivity (Wildman–Crippen MR) is 175 cm³/mol. The van der Waals surface area contributed by atoms with Crippen LogP contribution in [0.1, 0.15) is 95.4 Å². The molecule has 0 amide bonds. The molecule has 0 bridgehead atoms. The highest BCUT2D eigenvalue weighted by Crippen LogP contribution is 2.51. The molecule has 2 N–H and O–H groups in total. The molecule has 0 aromatic rings. The Labute approximate surface area is 288 Å². The van der Waals surface area contributed by atoms with Crippen molar-refractivity contribution in [3.63, 3.8) is 0 Å². The Bertz CT molecular complexity index is 1330. The number of allylic oxidation sites excluding steroid dienone is 1. The second kappa shape index (κ2) is 16.0. The Morgan fingerprint density at radius 1 is 0.878 bits per heavy atom. The lowest BCUT2D eigenvalue weighted by Crippen LogP contribution is -2.58. The van der Waals surface area contributed by atoms with Crippen molar-refractivity contribution < 1.29 is 62.7 Å². The number of carbonyl (C=O) groups is 6. The summed E-state index contributed by atoms with van der Waals surface area (Å²) in [6, 6.07) is 0. The first-order valence-electron chi connectivity index (χ1n) is 16.7. The van der Waals surface area contributed by atoms with E-state index < -0.39 is 113 Å². The van der Waals surface area contributed by atoms with Gasteiger partial charge in [0.05, 0.1) is 17.8 Å². The summed E-state index contributed by atoms with van der Waals surface area (Å²) in [7, 11) is 0. The second-order valence-corrected chi connectivity index (χ2v) is 14.3. The van der Waals surface area contributed by atoms with Gasteiger partial charge < -0.3 is 33.9 Å². The Morgan fingerprint density at radius 3 is 1.88 bits per heavy atom. The summed E-state index contributed by atoms with van der Waals surface area (Å²) in [5.41, 5.74) is -5.89. The number of aliphatic hydroxyl groups excluding tert-OH is 1. The fourth-order valence-corrected chi connectivity index (χ4v) is 6.41. The number of hydrogen-bond donors (Lipinski definition) is 2. The van der Waals surface area contributed by atoms with E-state index in [1.54, 1.807) is 47.6 Å². The quantitative estimate of drug-likeness (QED) is 0.203. The van der Waals surface area contributed by atoms with E-state index in [0.717, 1.165) is 20.8 Å². The van der Waals surface area contributed by atoms with Crippen molar-refractivity contribution in [3.05, 3.63) is 24.3 Å². The van der Waals surface area contributed by atoms with Crippen molar-refractivity contribution >= 4 is 35.6 Å². The van der Waals surface area contributed by atoms with E-state index in [1.807, 2.05) is 0 Å². The van der Waals surface area contributed by atoms with E-state index in [2.05, 4.69) is 6.58 Å². The van der Waals surface area contributed by atoms with Gasteiger partial charge in [0, 0.05) is 44.1 Å². The molecule has 0 radical (unpaired) electrons. The topological polar surface area (TPSA) is 189 Å². The van der Waals surface area contributed by atoms with E-state index in [-0.39, 0.29) is 5.57 Å². The van der Waals surface area contributed by atoms with Crippen molar-refractivity contribution in [2.75, 3.05) is 0 Å². The lowest BCUT2D eigenvalue weighted by molar-refractivity contribution is -0.192. The average Bonchev–Trinajstić information content (AvgIpc) is 3.20. The first-order valence-corrected chi connectivity index (χ1v) is 16.7. The smallest absolute Gasteiger partial charge is 0.309 e. The average molecular weight is 695 g/mol. The lowest BCUT2D eigenvalue weighted by Gasteiger charge is -2.43. The van der Waals surface area contributed by atoms with Crippen LogP contribution in [0.3, 0.4) is 0 Å². The van der Waals surface area contributed by atoms with Crippen LogP contribution in [0.2, 0.25) is 0 Å². The fraction of sp³-hybridized carbons (Fsp3) is 0.722. The van der Waals surface area contributed by atoms with Crippen LogP contribution in [-0.2, 0) is 52.5 Å². The van der Waals surface area contributed by atoms with Gasteiger partial charge in [0.15, 0.2) is 24.1 Å². The number of carbonyl (C=O) groups excluding carboxylic acids is 6. The van der Waals surface area contributed by atoms with Gasteiger partial charge in [0.2, 0.25) is 0 Å². The molecular weight excluding hydrogens is 640 g/mol. The van der Waals surface area contributed by atoms with Crippen LogP contribution >= 0.6 is 0 Å². The van der Waals surface area contributed by atoms with Gasteiger partial charge in [-0.2, -0.15) is 0 Å². The molecule has 13 nitrogen and oxygen atoms in total. The van der Waals surface area contributed by atoms with E-state index in [9.17, 15) is 39.0 Å². The Hall–Kier alpha value is -3.58. The molecule has 11 atom stereocenters. The molecule has 2 rings (SSSR count). The molecule has 1 fully saturated rings. The number of aliphatic hydroxyl groups is 2. The molecule has 49 heavy (non-hydrogen) atoms. The number of ketones is 1. The highest BCUT2D eigenvalue weighted by Gasteiger charge is 2.68. The number of rotatable bonds is 9. The summed E-state index contributed by atoms with van der Waals surface area (Å²) in [6.45, 7) is 20.2. The van der Waals surface area contributed by atoms with Crippen molar-refractivity contribution in [3.8, 4) is 0 Å². The fourth-order valence-electron chi connectivity index (χ4n) is 6.41. The van der Waals surface area contributed by atoms with Gasteiger partial charge in [-0.1, -0.05) is 67.2 Å². The van der Waals surface area contributed by atoms with Crippen LogP contribution in [0, 0.1) is 29.1 Å². The summed E-state index contributed by atoms with van der Waals surface area (Å²) in [5, 5.41) is 24.5. The maximum Gasteiger partial charge on any atom is 0.309 e. The third-order valence-electron chi connectivity index (χ3n) is 9.67. The van der Waals surface area contributed by atoms with Gasteiger partial charge in [0.1, 0.15) is 23.4 Å². The maximum atomic E-state index is 14.4. The first kappa shape index (κ1) is 41.6. The highest BCUT2D eigenvalue weighted by molar-refractivity contribution is 5.92. The minimum Gasteiger partial charge on any atom is -0.458 e. The molecule has 0 aromatic heterocycles. The van der Waals surface area contributed by atoms with E-state index >= 15 is 0 Å². The SMILES string of the molecule is C=C1C(OC(C)=O)C(OC(C)=O)C(OC(C)=O)C(C)(C)/C=C\C(C)C(=O)[C@@]2(O)C[C@@](C)(OC(=O)C(C)CC)[C@H](O)[C@@H]2C1OC(=O)C(C)CC. The van der Waals surface area contributed by atoms with Gasteiger partial charge in [-0.3, -0.25) is 28.8 Å². The van der Waals surface area contributed by atoms with E-state index in [0.29, 0.717) is 12.8 Å². The summed E-state index contributed by atoms with van der Waals surface area (Å²) in [4.78, 5) is 78.7. The zero-order valence-corrected chi connectivity index (χ0v) is 30.6. The van der Waals surface area contributed by atoms with Crippen LogP contribution in [0.25, 0.3) is 0 Å². The summed E-state index contributed by atoms with van der Waals surface area (Å²) >= 11 is 0. The summed E-state index contributed by atoms with van der Waals surface area (Å²) < 4.78 is 28.9.